The molecule has 4 heteroatoms. The van der Waals surface area contributed by atoms with Gasteiger partial charge in [-0.3, -0.25) is 19.3 Å². The van der Waals surface area contributed by atoms with Gasteiger partial charge in [0, 0.05) is 18.4 Å². The van der Waals surface area contributed by atoms with Gasteiger partial charge < -0.3 is 0 Å². The lowest BCUT2D eigenvalue weighted by molar-refractivity contribution is -0.149. The highest BCUT2D eigenvalue weighted by molar-refractivity contribution is 6.05. The molecule has 4 nitrogen and oxygen atoms in total. The van der Waals surface area contributed by atoms with E-state index in [0.717, 1.165) is 4.90 Å². The zero-order valence-corrected chi connectivity index (χ0v) is 10.3. The van der Waals surface area contributed by atoms with Gasteiger partial charge in [-0.25, -0.2) is 0 Å². The number of carbonyl (C=O) groups is 3. The summed E-state index contributed by atoms with van der Waals surface area (Å²) in [5.74, 6) is -0.619. The van der Waals surface area contributed by atoms with Crippen LogP contribution in [0, 0.1) is 5.92 Å². The molecular weight excluding hydrogens is 230 g/mol. The number of benzene rings is 1. The number of hydrogen-bond donors (Lipinski definition) is 0. The Morgan fingerprint density at radius 2 is 1.72 bits per heavy atom. The number of rotatable bonds is 3. The van der Waals surface area contributed by atoms with Gasteiger partial charge >= 0.3 is 0 Å². The molecule has 1 fully saturated rings. The maximum absolute atomic E-state index is 11.9. The van der Waals surface area contributed by atoms with Gasteiger partial charge in [0.05, 0.1) is 6.54 Å². The van der Waals surface area contributed by atoms with Crippen LogP contribution in [0.5, 0.6) is 0 Å². The van der Waals surface area contributed by atoms with Gasteiger partial charge in [-0.2, -0.15) is 0 Å². The first-order valence-corrected chi connectivity index (χ1v) is 5.99. The number of amides is 2. The average molecular weight is 245 g/mol. The zero-order chi connectivity index (χ0) is 13.1. The third-order valence-electron chi connectivity index (χ3n) is 3.05. The van der Waals surface area contributed by atoms with Crippen LogP contribution < -0.4 is 0 Å². The van der Waals surface area contributed by atoms with E-state index in [1.54, 1.807) is 24.3 Å². The molecule has 18 heavy (non-hydrogen) atoms. The van der Waals surface area contributed by atoms with Gasteiger partial charge in [0.2, 0.25) is 11.8 Å². The number of Topliss-reactive ketones (excluding diaryl/α,β-unsaturated/α-hetero) is 1. The van der Waals surface area contributed by atoms with Crippen molar-refractivity contribution in [2.75, 3.05) is 6.54 Å². The molecule has 1 heterocycles. The summed E-state index contributed by atoms with van der Waals surface area (Å²) >= 11 is 0. The van der Waals surface area contributed by atoms with Crippen molar-refractivity contribution in [1.29, 1.82) is 0 Å². The predicted octanol–water partition coefficient (Wildman–Crippen LogP) is 1.65. The van der Waals surface area contributed by atoms with Gasteiger partial charge in [0.1, 0.15) is 0 Å². The van der Waals surface area contributed by atoms with E-state index in [-0.39, 0.29) is 30.1 Å². The Morgan fingerprint density at radius 3 is 2.28 bits per heavy atom. The van der Waals surface area contributed by atoms with Crippen LogP contribution in [0.2, 0.25) is 0 Å². The first-order valence-electron chi connectivity index (χ1n) is 5.99. The minimum absolute atomic E-state index is 0.0769. The summed E-state index contributed by atoms with van der Waals surface area (Å²) < 4.78 is 0. The average Bonchev–Trinajstić information content (AvgIpc) is 2.34. The number of ketones is 1. The first-order chi connectivity index (χ1) is 8.58. The van der Waals surface area contributed by atoms with Gasteiger partial charge in [-0.15, -0.1) is 0 Å². The quantitative estimate of drug-likeness (QED) is 0.601. The molecule has 0 aromatic heterocycles. The Bertz CT molecular complexity index is 463. The normalized spacial score (nSPS) is 17.1. The lowest BCUT2D eigenvalue weighted by Crippen LogP contribution is -2.45. The summed E-state index contributed by atoms with van der Waals surface area (Å²) in [4.78, 5) is 36.5. The first kappa shape index (κ1) is 12.5. The van der Waals surface area contributed by atoms with Crippen LogP contribution in [0.15, 0.2) is 30.3 Å². The number of likely N-dealkylation sites (tertiary alicyclic amines) is 1. The third kappa shape index (κ3) is 2.64. The Morgan fingerprint density at radius 1 is 1.17 bits per heavy atom. The fourth-order valence-corrected chi connectivity index (χ4v) is 2.06. The molecule has 0 saturated carbocycles. The van der Waals surface area contributed by atoms with E-state index in [4.69, 9.17) is 0 Å². The second-order valence-corrected chi connectivity index (χ2v) is 4.68. The van der Waals surface area contributed by atoms with Crippen molar-refractivity contribution in [2.45, 2.75) is 19.8 Å². The summed E-state index contributed by atoms with van der Waals surface area (Å²) in [6.07, 6.45) is 0.682. The largest absolute Gasteiger partial charge is 0.292 e. The van der Waals surface area contributed by atoms with E-state index in [2.05, 4.69) is 0 Å². The van der Waals surface area contributed by atoms with Crippen molar-refractivity contribution >= 4 is 17.6 Å². The van der Waals surface area contributed by atoms with Gasteiger partial charge in [-0.05, 0) is 5.92 Å². The molecule has 0 bridgehead atoms. The van der Waals surface area contributed by atoms with Crippen LogP contribution in [0.3, 0.4) is 0 Å². The van der Waals surface area contributed by atoms with Gasteiger partial charge in [-0.1, -0.05) is 37.3 Å². The third-order valence-corrected chi connectivity index (χ3v) is 3.05. The molecule has 0 N–H and O–H groups in total. The van der Waals surface area contributed by atoms with Gasteiger partial charge in [0.25, 0.3) is 0 Å². The van der Waals surface area contributed by atoms with Crippen LogP contribution in [0.1, 0.15) is 30.1 Å². The molecule has 0 aliphatic carbocycles. The highest BCUT2D eigenvalue weighted by atomic mass is 16.2. The molecule has 0 unspecified atom stereocenters. The molecule has 1 aliphatic heterocycles. The Kier molecular flexibility index (Phi) is 3.55. The van der Waals surface area contributed by atoms with E-state index in [9.17, 15) is 14.4 Å². The maximum Gasteiger partial charge on any atom is 0.229 e. The number of imide groups is 1. The number of nitrogens with zero attached hydrogens (tertiary/aromatic N) is 1. The number of hydrogen-bond acceptors (Lipinski definition) is 3. The van der Waals surface area contributed by atoms with Crippen LogP contribution >= 0.6 is 0 Å². The highest BCUT2D eigenvalue weighted by Gasteiger charge is 2.31. The van der Waals surface area contributed by atoms with Crippen LogP contribution in [-0.2, 0) is 9.59 Å². The van der Waals surface area contributed by atoms with E-state index < -0.39 is 0 Å². The summed E-state index contributed by atoms with van der Waals surface area (Å²) in [6.45, 7) is 1.72. The maximum atomic E-state index is 11.9. The van der Waals surface area contributed by atoms with Crippen molar-refractivity contribution in [1.82, 2.24) is 4.90 Å². The lowest BCUT2D eigenvalue weighted by atomic mass is 9.97. The minimum Gasteiger partial charge on any atom is -0.292 e. The lowest BCUT2D eigenvalue weighted by Gasteiger charge is -2.27. The minimum atomic E-state index is -0.247. The van der Waals surface area contributed by atoms with E-state index in [1.807, 2.05) is 13.0 Å². The van der Waals surface area contributed by atoms with Crippen molar-refractivity contribution in [2.24, 2.45) is 5.92 Å². The summed E-state index contributed by atoms with van der Waals surface area (Å²) in [6, 6.07) is 8.70. The van der Waals surface area contributed by atoms with Crippen LogP contribution in [0.4, 0.5) is 0 Å². The van der Waals surface area contributed by atoms with Crippen LogP contribution in [0.25, 0.3) is 0 Å². The monoisotopic (exact) mass is 245 g/mol. The standard InChI is InChI=1S/C14H15NO3/c1-10-7-13(17)15(14(18)8-10)9-12(16)11-5-3-2-4-6-11/h2-6,10H,7-9H2,1H3. The Labute approximate surface area is 106 Å². The Balaban J connectivity index is 2.07. The molecule has 94 valence electrons. The number of carbonyl (C=O) groups excluding carboxylic acids is 3. The molecule has 0 atom stereocenters. The van der Waals surface area contributed by atoms with E-state index in [0.29, 0.717) is 18.4 Å². The van der Waals surface area contributed by atoms with Crippen LogP contribution in [-0.4, -0.2) is 29.0 Å². The second-order valence-electron chi connectivity index (χ2n) is 4.68. The molecule has 1 aliphatic rings. The molecular formula is C14H15NO3. The number of piperidine rings is 1. The molecule has 0 radical (unpaired) electrons. The Hall–Kier alpha value is -1.97. The smallest absolute Gasteiger partial charge is 0.229 e. The zero-order valence-electron chi connectivity index (χ0n) is 10.3. The predicted molar refractivity (Wildman–Crippen MR) is 65.9 cm³/mol. The molecule has 1 aromatic rings. The SMILES string of the molecule is CC1CC(=O)N(CC(=O)c2ccccc2)C(=O)C1. The fourth-order valence-electron chi connectivity index (χ4n) is 2.06. The summed E-state index contributed by atoms with van der Waals surface area (Å²) in [7, 11) is 0. The molecule has 1 saturated heterocycles. The molecule has 2 rings (SSSR count). The van der Waals surface area contributed by atoms with E-state index in [1.165, 1.54) is 0 Å². The molecule has 2 amide bonds. The molecule has 0 spiro atoms. The summed E-state index contributed by atoms with van der Waals surface area (Å²) in [5, 5.41) is 0. The second kappa shape index (κ2) is 5.12. The molecule has 1 aromatic carbocycles. The fraction of sp³-hybridized carbons (Fsp3) is 0.357. The highest BCUT2D eigenvalue weighted by Crippen LogP contribution is 2.19. The van der Waals surface area contributed by atoms with Crippen molar-refractivity contribution in [3.63, 3.8) is 0 Å². The van der Waals surface area contributed by atoms with Crippen molar-refractivity contribution in [3.8, 4) is 0 Å². The van der Waals surface area contributed by atoms with Crippen molar-refractivity contribution < 1.29 is 14.4 Å². The topological polar surface area (TPSA) is 54.5 Å². The van der Waals surface area contributed by atoms with Gasteiger partial charge in [0.15, 0.2) is 5.78 Å². The van der Waals surface area contributed by atoms with E-state index >= 15 is 0 Å². The summed E-state index contributed by atoms with van der Waals surface area (Å²) in [5.41, 5.74) is 0.525. The van der Waals surface area contributed by atoms with Crippen molar-refractivity contribution in [3.05, 3.63) is 35.9 Å².